The molecular formula is C28H42N2O4. The largest absolute Gasteiger partial charge is 0.496 e. The van der Waals surface area contributed by atoms with E-state index in [0.717, 1.165) is 66.7 Å². The van der Waals surface area contributed by atoms with Crippen LogP contribution in [-0.2, 0) is 11.8 Å². The van der Waals surface area contributed by atoms with Crippen LogP contribution in [0.15, 0.2) is 24.3 Å². The average molecular weight is 471 g/mol. The summed E-state index contributed by atoms with van der Waals surface area (Å²) in [5.74, 6) is 3.29. The number of ether oxygens (including phenoxy) is 4. The molecule has 0 amide bonds. The fourth-order valence-electron chi connectivity index (χ4n) is 4.67. The van der Waals surface area contributed by atoms with E-state index in [2.05, 4.69) is 69.1 Å². The molecule has 0 aliphatic carbocycles. The van der Waals surface area contributed by atoms with Gasteiger partial charge >= 0.3 is 0 Å². The van der Waals surface area contributed by atoms with Crippen molar-refractivity contribution in [3.63, 3.8) is 0 Å². The minimum atomic E-state index is -0.0612. The van der Waals surface area contributed by atoms with Crippen molar-refractivity contribution in [2.45, 2.75) is 52.5 Å². The van der Waals surface area contributed by atoms with Crippen molar-refractivity contribution in [2.75, 3.05) is 54.1 Å². The minimum absolute atomic E-state index is 0.0299. The molecule has 0 radical (unpaired) electrons. The second-order valence-corrected chi connectivity index (χ2v) is 9.76. The molecule has 0 spiro atoms. The Morgan fingerprint density at radius 2 is 1.50 bits per heavy atom. The standard InChI is InChI=1S/C28H42N2O4/c1-9-30(10-2)13-14-34-26-16-20-19(15-25(26)33-8)11-12-29-27(20)21-17-24(32-7)22(28(3,4)5)18-23(21)31-6/h15-18,27,29H,9-14H2,1-8H3. The molecule has 1 N–H and O–H groups in total. The lowest BCUT2D eigenvalue weighted by atomic mass is 9.83. The molecule has 0 saturated carbocycles. The zero-order chi connectivity index (χ0) is 24.9. The van der Waals surface area contributed by atoms with E-state index in [9.17, 15) is 0 Å². The highest BCUT2D eigenvalue weighted by Gasteiger charge is 2.29. The van der Waals surface area contributed by atoms with Gasteiger partial charge in [-0.25, -0.2) is 0 Å². The zero-order valence-corrected chi connectivity index (χ0v) is 22.2. The van der Waals surface area contributed by atoms with Crippen LogP contribution in [0.2, 0.25) is 0 Å². The van der Waals surface area contributed by atoms with Crippen LogP contribution in [0.25, 0.3) is 0 Å². The number of hydrogen-bond acceptors (Lipinski definition) is 6. The van der Waals surface area contributed by atoms with E-state index in [4.69, 9.17) is 18.9 Å². The Kier molecular flexibility index (Phi) is 8.72. The first-order valence-electron chi connectivity index (χ1n) is 12.3. The van der Waals surface area contributed by atoms with Crippen LogP contribution in [0.5, 0.6) is 23.0 Å². The lowest BCUT2D eigenvalue weighted by Crippen LogP contribution is -2.31. The molecule has 1 unspecified atom stereocenters. The van der Waals surface area contributed by atoms with E-state index >= 15 is 0 Å². The molecule has 6 nitrogen and oxygen atoms in total. The average Bonchev–Trinajstić information content (AvgIpc) is 2.84. The summed E-state index contributed by atoms with van der Waals surface area (Å²) in [6, 6.07) is 8.48. The fraction of sp³-hybridized carbons (Fsp3) is 0.571. The SMILES string of the molecule is CCN(CC)CCOc1cc2c(cc1OC)CCNC2c1cc(OC)c(C(C)(C)C)cc1OC. The van der Waals surface area contributed by atoms with Crippen LogP contribution in [0.3, 0.4) is 0 Å². The Morgan fingerprint density at radius 1 is 0.853 bits per heavy atom. The minimum Gasteiger partial charge on any atom is -0.496 e. The summed E-state index contributed by atoms with van der Waals surface area (Å²) < 4.78 is 23.6. The molecule has 0 bridgehead atoms. The molecule has 1 aliphatic heterocycles. The first-order chi connectivity index (χ1) is 16.3. The molecular weight excluding hydrogens is 428 g/mol. The van der Waals surface area contributed by atoms with Gasteiger partial charge in [-0.05, 0) is 60.3 Å². The van der Waals surface area contributed by atoms with Crippen LogP contribution in [0, 0.1) is 0 Å². The maximum Gasteiger partial charge on any atom is 0.161 e. The maximum absolute atomic E-state index is 6.23. The van der Waals surface area contributed by atoms with Gasteiger partial charge in [0.25, 0.3) is 0 Å². The normalized spacial score (nSPS) is 15.7. The number of benzene rings is 2. The lowest BCUT2D eigenvalue weighted by Gasteiger charge is -2.31. The van der Waals surface area contributed by atoms with Gasteiger partial charge in [0, 0.05) is 24.2 Å². The van der Waals surface area contributed by atoms with Crippen LogP contribution in [0.4, 0.5) is 0 Å². The predicted octanol–water partition coefficient (Wildman–Crippen LogP) is 4.97. The van der Waals surface area contributed by atoms with Crippen LogP contribution >= 0.6 is 0 Å². The third-order valence-electron chi connectivity index (χ3n) is 6.71. The number of rotatable bonds is 10. The molecule has 2 aromatic rings. The Bertz CT molecular complexity index is 964. The van der Waals surface area contributed by atoms with Crippen LogP contribution < -0.4 is 24.3 Å². The van der Waals surface area contributed by atoms with Crippen molar-refractivity contribution < 1.29 is 18.9 Å². The molecule has 188 valence electrons. The molecule has 1 aliphatic rings. The molecule has 0 aromatic heterocycles. The van der Waals surface area contributed by atoms with E-state index in [1.807, 2.05) is 0 Å². The van der Waals surface area contributed by atoms with Gasteiger partial charge < -0.3 is 29.2 Å². The van der Waals surface area contributed by atoms with Crippen molar-refractivity contribution in [1.29, 1.82) is 0 Å². The summed E-state index contributed by atoms with van der Waals surface area (Å²) in [5.41, 5.74) is 4.58. The molecule has 34 heavy (non-hydrogen) atoms. The third kappa shape index (κ3) is 5.61. The Balaban J connectivity index is 2.02. The van der Waals surface area contributed by atoms with Crippen molar-refractivity contribution in [3.05, 3.63) is 46.5 Å². The van der Waals surface area contributed by atoms with Gasteiger partial charge in [0.1, 0.15) is 18.1 Å². The van der Waals surface area contributed by atoms with E-state index in [0.29, 0.717) is 6.61 Å². The first kappa shape index (κ1) is 26.2. The van der Waals surface area contributed by atoms with Crippen LogP contribution in [0.1, 0.15) is 62.9 Å². The number of nitrogens with one attached hydrogen (secondary N) is 1. The zero-order valence-electron chi connectivity index (χ0n) is 22.2. The third-order valence-corrected chi connectivity index (χ3v) is 6.71. The summed E-state index contributed by atoms with van der Waals surface area (Å²) in [7, 11) is 5.17. The molecule has 1 atom stereocenters. The van der Waals surface area contributed by atoms with Crippen molar-refractivity contribution in [3.8, 4) is 23.0 Å². The molecule has 2 aromatic carbocycles. The van der Waals surface area contributed by atoms with Gasteiger partial charge in [-0.2, -0.15) is 0 Å². The number of nitrogens with zero attached hydrogens (tertiary/aromatic N) is 1. The molecule has 0 saturated heterocycles. The Hall–Kier alpha value is -2.44. The summed E-state index contributed by atoms with van der Waals surface area (Å²) in [5, 5.41) is 3.69. The summed E-state index contributed by atoms with van der Waals surface area (Å²) in [6.45, 7) is 15.3. The van der Waals surface area contributed by atoms with Crippen molar-refractivity contribution in [1.82, 2.24) is 10.2 Å². The van der Waals surface area contributed by atoms with E-state index in [-0.39, 0.29) is 11.5 Å². The lowest BCUT2D eigenvalue weighted by molar-refractivity contribution is 0.217. The molecule has 1 heterocycles. The quantitative estimate of drug-likeness (QED) is 0.529. The summed E-state index contributed by atoms with van der Waals surface area (Å²) >= 11 is 0. The topological polar surface area (TPSA) is 52.2 Å². The smallest absolute Gasteiger partial charge is 0.161 e. The van der Waals surface area contributed by atoms with Crippen LogP contribution in [-0.4, -0.2) is 59.0 Å². The van der Waals surface area contributed by atoms with E-state index in [1.54, 1.807) is 21.3 Å². The highest BCUT2D eigenvalue weighted by Crippen LogP contribution is 2.43. The Morgan fingerprint density at radius 3 is 2.09 bits per heavy atom. The van der Waals surface area contributed by atoms with E-state index < -0.39 is 0 Å². The van der Waals surface area contributed by atoms with Gasteiger partial charge in [0.05, 0.1) is 27.4 Å². The van der Waals surface area contributed by atoms with Gasteiger partial charge in [0.2, 0.25) is 0 Å². The maximum atomic E-state index is 6.23. The van der Waals surface area contributed by atoms with Gasteiger partial charge in [-0.15, -0.1) is 0 Å². The van der Waals surface area contributed by atoms with Gasteiger partial charge in [0.15, 0.2) is 11.5 Å². The highest BCUT2D eigenvalue weighted by atomic mass is 16.5. The molecule has 0 fully saturated rings. The first-order valence-corrected chi connectivity index (χ1v) is 12.3. The van der Waals surface area contributed by atoms with Gasteiger partial charge in [-0.1, -0.05) is 34.6 Å². The summed E-state index contributed by atoms with van der Waals surface area (Å²) in [6.07, 6.45) is 0.932. The monoisotopic (exact) mass is 470 g/mol. The second kappa shape index (κ2) is 11.3. The van der Waals surface area contributed by atoms with E-state index in [1.165, 1.54) is 11.1 Å². The highest BCUT2D eigenvalue weighted by molar-refractivity contribution is 5.56. The Labute approximate surface area is 205 Å². The number of likely N-dealkylation sites (N-methyl/N-ethyl adjacent to an activating group) is 1. The second-order valence-electron chi connectivity index (χ2n) is 9.76. The number of fused-ring (bicyclic) bond motifs is 1. The molecule has 3 rings (SSSR count). The number of methoxy groups -OCH3 is 3. The van der Waals surface area contributed by atoms with Crippen molar-refractivity contribution >= 4 is 0 Å². The number of hydrogen-bond donors (Lipinski definition) is 1. The summed E-state index contributed by atoms with van der Waals surface area (Å²) in [4.78, 5) is 2.35. The van der Waals surface area contributed by atoms with Crippen molar-refractivity contribution in [2.24, 2.45) is 0 Å². The molecule has 6 heteroatoms. The van der Waals surface area contributed by atoms with Gasteiger partial charge in [-0.3, -0.25) is 0 Å². The predicted molar refractivity (Wildman–Crippen MR) is 138 cm³/mol. The fourth-order valence-corrected chi connectivity index (χ4v) is 4.67.